The number of hydrogen-bond donors (Lipinski definition) is 2. The minimum absolute atomic E-state index is 0.0452. The number of aromatic amines is 1. The highest BCUT2D eigenvalue weighted by molar-refractivity contribution is 5.85. The van der Waals surface area contributed by atoms with Crippen LogP contribution in [0.15, 0.2) is 53.3 Å². The fourth-order valence-corrected chi connectivity index (χ4v) is 2.86. The van der Waals surface area contributed by atoms with Crippen LogP contribution in [0.2, 0.25) is 0 Å². The van der Waals surface area contributed by atoms with Gasteiger partial charge in [0.05, 0.1) is 5.52 Å². The van der Waals surface area contributed by atoms with E-state index >= 15 is 0 Å². The number of pyridine rings is 1. The average molecular weight is 350 g/mol. The highest BCUT2D eigenvalue weighted by Crippen LogP contribution is 2.19. The van der Waals surface area contributed by atoms with E-state index < -0.39 is 0 Å². The number of benzene rings is 2. The third-order valence-corrected chi connectivity index (χ3v) is 4.35. The molecule has 1 heterocycles. The zero-order chi connectivity index (χ0) is 18.5. The van der Waals surface area contributed by atoms with Gasteiger partial charge in [0.15, 0.2) is 6.61 Å². The van der Waals surface area contributed by atoms with Crippen LogP contribution in [0.1, 0.15) is 16.7 Å². The number of para-hydroxylation sites is 1. The number of aromatic nitrogens is 1. The Labute approximate surface area is 152 Å². The molecule has 0 aliphatic heterocycles. The minimum atomic E-state index is -0.210. The van der Waals surface area contributed by atoms with Crippen molar-refractivity contribution >= 4 is 16.8 Å². The molecule has 5 heteroatoms. The van der Waals surface area contributed by atoms with Gasteiger partial charge in [-0.2, -0.15) is 0 Å². The van der Waals surface area contributed by atoms with E-state index in [0.717, 1.165) is 22.0 Å². The van der Waals surface area contributed by atoms with E-state index in [-0.39, 0.29) is 18.1 Å². The van der Waals surface area contributed by atoms with Crippen molar-refractivity contribution in [3.63, 3.8) is 0 Å². The van der Waals surface area contributed by atoms with Crippen LogP contribution in [0.5, 0.6) is 5.75 Å². The molecule has 0 radical (unpaired) electrons. The number of nitrogens with one attached hydrogen (secondary N) is 2. The first-order valence-electron chi connectivity index (χ1n) is 8.61. The molecule has 0 unspecified atom stereocenters. The zero-order valence-corrected chi connectivity index (χ0v) is 15.0. The van der Waals surface area contributed by atoms with E-state index in [1.54, 1.807) is 12.1 Å². The van der Waals surface area contributed by atoms with Crippen molar-refractivity contribution in [1.82, 2.24) is 10.3 Å². The molecule has 26 heavy (non-hydrogen) atoms. The fourth-order valence-electron chi connectivity index (χ4n) is 2.86. The molecule has 0 aliphatic rings. The Hall–Kier alpha value is -3.08. The maximum atomic E-state index is 12.3. The van der Waals surface area contributed by atoms with Gasteiger partial charge >= 0.3 is 0 Å². The molecule has 0 saturated heterocycles. The third-order valence-electron chi connectivity index (χ3n) is 4.35. The number of carbonyl (C=O) groups excluding carboxylic acids is 1. The Bertz CT molecular complexity index is 978. The molecule has 0 saturated carbocycles. The quantitative estimate of drug-likeness (QED) is 0.718. The highest BCUT2D eigenvalue weighted by Gasteiger charge is 2.08. The fraction of sp³-hybridized carbons (Fsp3) is 0.238. The van der Waals surface area contributed by atoms with Crippen molar-refractivity contribution in [1.29, 1.82) is 0 Å². The van der Waals surface area contributed by atoms with Crippen LogP contribution in [-0.4, -0.2) is 24.0 Å². The molecule has 0 aliphatic carbocycles. The van der Waals surface area contributed by atoms with E-state index in [9.17, 15) is 9.59 Å². The molecule has 2 N–H and O–H groups in total. The van der Waals surface area contributed by atoms with Gasteiger partial charge < -0.3 is 15.0 Å². The van der Waals surface area contributed by atoms with Crippen molar-refractivity contribution in [2.24, 2.45) is 0 Å². The molecule has 0 spiro atoms. The number of hydrogen-bond acceptors (Lipinski definition) is 3. The molecule has 2 aromatic carbocycles. The van der Waals surface area contributed by atoms with Gasteiger partial charge in [0.2, 0.25) is 0 Å². The van der Waals surface area contributed by atoms with Crippen LogP contribution in [0.25, 0.3) is 10.9 Å². The van der Waals surface area contributed by atoms with Gasteiger partial charge in [0, 0.05) is 17.5 Å². The van der Waals surface area contributed by atoms with Crippen molar-refractivity contribution < 1.29 is 9.53 Å². The van der Waals surface area contributed by atoms with Gasteiger partial charge in [-0.05, 0) is 49.6 Å². The van der Waals surface area contributed by atoms with Gasteiger partial charge in [-0.25, -0.2) is 0 Å². The Balaban J connectivity index is 1.59. The number of fused-ring (bicyclic) bond motifs is 1. The molecule has 0 fully saturated rings. The van der Waals surface area contributed by atoms with E-state index in [1.807, 2.05) is 50.2 Å². The lowest BCUT2D eigenvalue weighted by atomic mass is 10.0. The summed E-state index contributed by atoms with van der Waals surface area (Å²) in [6.45, 7) is 4.34. The molecule has 3 rings (SSSR count). The lowest BCUT2D eigenvalue weighted by molar-refractivity contribution is -0.123. The summed E-state index contributed by atoms with van der Waals surface area (Å²) in [5.74, 6) is 0.442. The minimum Gasteiger partial charge on any atom is -0.484 e. The molecule has 3 aromatic rings. The maximum absolute atomic E-state index is 12.3. The molecule has 0 bridgehead atoms. The first kappa shape index (κ1) is 17.7. The predicted octanol–water partition coefficient (Wildman–Crippen LogP) is 2.88. The topological polar surface area (TPSA) is 71.2 Å². The zero-order valence-electron chi connectivity index (χ0n) is 15.0. The third kappa shape index (κ3) is 4.11. The largest absolute Gasteiger partial charge is 0.484 e. The van der Waals surface area contributed by atoms with E-state index in [2.05, 4.69) is 10.3 Å². The van der Waals surface area contributed by atoms with Gasteiger partial charge in [0.25, 0.3) is 11.5 Å². The first-order chi connectivity index (χ1) is 12.5. The van der Waals surface area contributed by atoms with Crippen LogP contribution in [-0.2, 0) is 11.2 Å². The Kier molecular flexibility index (Phi) is 5.37. The lowest BCUT2D eigenvalue weighted by Gasteiger charge is -2.09. The van der Waals surface area contributed by atoms with Crippen LogP contribution >= 0.6 is 0 Å². The summed E-state index contributed by atoms with van der Waals surface area (Å²) in [5, 5.41) is 3.83. The molecule has 0 atom stereocenters. The standard InChI is InChI=1S/C21H22N2O3/c1-14-8-9-15(2)20-18(14)12-16(21(25)23-20)10-11-22-19(24)13-26-17-6-4-3-5-7-17/h3-9,12H,10-11,13H2,1-2H3,(H,22,24)(H,23,25). The molecule has 134 valence electrons. The Morgan fingerprint density at radius 3 is 2.58 bits per heavy atom. The number of aryl methyl sites for hydroxylation is 2. The molecule has 1 amide bonds. The summed E-state index contributed by atoms with van der Waals surface area (Å²) in [6, 6.07) is 15.1. The summed E-state index contributed by atoms with van der Waals surface area (Å²) in [7, 11) is 0. The average Bonchev–Trinajstić information content (AvgIpc) is 2.65. The number of carbonyl (C=O) groups is 1. The van der Waals surface area contributed by atoms with Crippen LogP contribution < -0.4 is 15.6 Å². The second kappa shape index (κ2) is 7.87. The smallest absolute Gasteiger partial charge is 0.257 e. The molecule has 1 aromatic heterocycles. The normalized spacial score (nSPS) is 10.7. The second-order valence-corrected chi connectivity index (χ2v) is 6.31. The highest BCUT2D eigenvalue weighted by atomic mass is 16.5. The van der Waals surface area contributed by atoms with Gasteiger partial charge in [-0.3, -0.25) is 9.59 Å². The number of ether oxygens (including phenoxy) is 1. The summed E-state index contributed by atoms with van der Waals surface area (Å²) in [6.07, 6.45) is 0.468. The summed E-state index contributed by atoms with van der Waals surface area (Å²) < 4.78 is 5.40. The van der Waals surface area contributed by atoms with Crippen molar-refractivity contribution in [3.8, 4) is 5.75 Å². The maximum Gasteiger partial charge on any atom is 0.257 e. The summed E-state index contributed by atoms with van der Waals surface area (Å²) >= 11 is 0. The van der Waals surface area contributed by atoms with Gasteiger partial charge in [-0.15, -0.1) is 0 Å². The van der Waals surface area contributed by atoms with E-state index in [4.69, 9.17) is 4.74 Å². The first-order valence-corrected chi connectivity index (χ1v) is 8.61. The number of amides is 1. The van der Waals surface area contributed by atoms with Crippen molar-refractivity contribution in [2.45, 2.75) is 20.3 Å². The lowest BCUT2D eigenvalue weighted by Crippen LogP contribution is -2.31. The molecular formula is C21H22N2O3. The Morgan fingerprint density at radius 2 is 1.81 bits per heavy atom. The van der Waals surface area contributed by atoms with Crippen LogP contribution in [0.3, 0.4) is 0 Å². The van der Waals surface area contributed by atoms with Gasteiger partial charge in [0.1, 0.15) is 5.75 Å². The van der Waals surface area contributed by atoms with Crippen LogP contribution in [0.4, 0.5) is 0 Å². The number of rotatable bonds is 6. The monoisotopic (exact) mass is 350 g/mol. The SMILES string of the molecule is Cc1ccc(C)c2[nH]c(=O)c(CCNC(=O)COc3ccccc3)cc12. The van der Waals surface area contributed by atoms with E-state index in [0.29, 0.717) is 24.3 Å². The van der Waals surface area contributed by atoms with Crippen molar-refractivity contribution in [3.05, 3.63) is 75.6 Å². The summed E-state index contributed by atoms with van der Waals surface area (Å²) in [4.78, 5) is 27.1. The van der Waals surface area contributed by atoms with Gasteiger partial charge in [-0.1, -0.05) is 30.3 Å². The molecular weight excluding hydrogens is 328 g/mol. The van der Waals surface area contributed by atoms with E-state index in [1.165, 1.54) is 0 Å². The Morgan fingerprint density at radius 1 is 1.08 bits per heavy atom. The predicted molar refractivity (Wildman–Crippen MR) is 103 cm³/mol. The summed E-state index contributed by atoms with van der Waals surface area (Å²) in [5.41, 5.74) is 3.58. The van der Waals surface area contributed by atoms with Crippen molar-refractivity contribution in [2.75, 3.05) is 13.2 Å². The second-order valence-electron chi connectivity index (χ2n) is 6.31. The van der Waals surface area contributed by atoms with Crippen LogP contribution in [0, 0.1) is 13.8 Å². The molecule has 5 nitrogen and oxygen atoms in total. The number of H-pyrrole nitrogens is 1.